The minimum Gasteiger partial charge on any atom is -0.494 e. The summed E-state index contributed by atoms with van der Waals surface area (Å²) in [4.78, 5) is 5.70. The molecule has 3 nitrogen and oxygen atoms in total. The fourth-order valence-corrected chi connectivity index (χ4v) is 3.62. The van der Waals surface area contributed by atoms with Crippen molar-refractivity contribution in [2.24, 2.45) is 0 Å². The van der Waals surface area contributed by atoms with Gasteiger partial charge in [0.25, 0.3) is 0 Å². The molecule has 0 bridgehead atoms. The first-order valence-electron chi connectivity index (χ1n) is 7.14. The number of ether oxygens (including phenoxy) is 1. The van der Waals surface area contributed by atoms with Gasteiger partial charge in [-0.3, -0.25) is 0 Å². The van der Waals surface area contributed by atoms with Crippen LogP contribution < -0.4 is 4.74 Å². The molecular weight excluding hydrogens is 324 g/mol. The molecule has 0 saturated heterocycles. The molecule has 0 atom stereocenters. The third-order valence-electron chi connectivity index (χ3n) is 3.13. The molecular formula is C18H14N2OS2. The lowest BCUT2D eigenvalue weighted by Gasteiger charge is -2.02. The van der Waals surface area contributed by atoms with E-state index < -0.39 is 0 Å². The second-order valence-electron chi connectivity index (χ2n) is 4.69. The van der Waals surface area contributed by atoms with Gasteiger partial charge in [0, 0.05) is 5.38 Å². The van der Waals surface area contributed by atoms with Crippen molar-refractivity contribution in [2.45, 2.75) is 6.92 Å². The van der Waals surface area contributed by atoms with Crippen LogP contribution in [0.4, 0.5) is 0 Å². The monoisotopic (exact) mass is 338 g/mol. The van der Waals surface area contributed by atoms with E-state index in [1.165, 1.54) is 11.3 Å². The van der Waals surface area contributed by atoms with E-state index in [2.05, 4.69) is 11.1 Å². The van der Waals surface area contributed by atoms with Crippen molar-refractivity contribution in [1.29, 1.82) is 5.26 Å². The zero-order valence-electron chi connectivity index (χ0n) is 12.5. The van der Waals surface area contributed by atoms with Crippen LogP contribution in [-0.2, 0) is 0 Å². The number of aromatic nitrogens is 1. The maximum absolute atomic E-state index is 9.45. The molecule has 0 amide bonds. The Morgan fingerprint density at radius 2 is 2.09 bits per heavy atom. The molecule has 0 aliphatic heterocycles. The minimum atomic E-state index is 0.571. The highest BCUT2D eigenvalue weighted by molar-refractivity contribution is 7.14. The van der Waals surface area contributed by atoms with Crippen LogP contribution in [0.15, 0.2) is 47.2 Å². The SMILES string of the molecule is CCOc1ccc(/C=C(/C#N)c2nc(-c3cccs3)cs2)cc1. The molecule has 0 aliphatic rings. The Morgan fingerprint density at radius 3 is 2.74 bits per heavy atom. The van der Waals surface area contributed by atoms with Crippen LogP contribution in [0.5, 0.6) is 5.75 Å². The van der Waals surface area contributed by atoms with Crippen LogP contribution in [0.3, 0.4) is 0 Å². The first-order chi connectivity index (χ1) is 11.3. The van der Waals surface area contributed by atoms with E-state index in [9.17, 15) is 5.26 Å². The molecule has 0 N–H and O–H groups in total. The molecule has 1 aromatic carbocycles. The van der Waals surface area contributed by atoms with Gasteiger partial charge in [-0.2, -0.15) is 5.26 Å². The van der Waals surface area contributed by atoms with Gasteiger partial charge in [0.1, 0.15) is 16.8 Å². The van der Waals surface area contributed by atoms with E-state index in [0.717, 1.165) is 26.9 Å². The second-order valence-corrected chi connectivity index (χ2v) is 6.49. The lowest BCUT2D eigenvalue weighted by atomic mass is 10.1. The summed E-state index contributed by atoms with van der Waals surface area (Å²) in [5.74, 6) is 0.831. The van der Waals surface area contributed by atoms with E-state index in [4.69, 9.17) is 4.74 Å². The van der Waals surface area contributed by atoms with Crippen molar-refractivity contribution >= 4 is 34.3 Å². The van der Waals surface area contributed by atoms with Crippen molar-refractivity contribution < 1.29 is 4.74 Å². The number of benzene rings is 1. The summed E-state index contributed by atoms with van der Waals surface area (Å²) in [7, 11) is 0. The van der Waals surface area contributed by atoms with Gasteiger partial charge >= 0.3 is 0 Å². The van der Waals surface area contributed by atoms with Gasteiger partial charge in [-0.15, -0.1) is 22.7 Å². The van der Waals surface area contributed by atoms with E-state index in [-0.39, 0.29) is 0 Å². The van der Waals surface area contributed by atoms with Crippen LogP contribution in [-0.4, -0.2) is 11.6 Å². The standard InChI is InChI=1S/C18H14N2OS2/c1-2-21-15-7-5-13(6-8-15)10-14(11-19)18-20-16(12-23-18)17-4-3-9-22-17/h3-10,12H,2H2,1H3/b14-10-. The first kappa shape index (κ1) is 15.5. The molecule has 0 unspecified atom stereocenters. The van der Waals surface area contributed by atoms with Crippen LogP contribution in [0.1, 0.15) is 17.5 Å². The van der Waals surface area contributed by atoms with Gasteiger partial charge in [0.05, 0.1) is 22.8 Å². The predicted octanol–water partition coefficient (Wildman–Crippen LogP) is 5.33. The predicted molar refractivity (Wildman–Crippen MR) is 96.5 cm³/mol. The fourth-order valence-electron chi connectivity index (χ4n) is 2.07. The van der Waals surface area contributed by atoms with Gasteiger partial charge in [-0.05, 0) is 42.1 Å². The summed E-state index contributed by atoms with van der Waals surface area (Å²) in [5.41, 5.74) is 2.45. The van der Waals surface area contributed by atoms with Gasteiger partial charge in [0.15, 0.2) is 0 Å². The maximum atomic E-state index is 9.45. The number of hydrogen-bond donors (Lipinski definition) is 0. The summed E-state index contributed by atoms with van der Waals surface area (Å²) >= 11 is 3.14. The lowest BCUT2D eigenvalue weighted by molar-refractivity contribution is 0.340. The average molecular weight is 338 g/mol. The quantitative estimate of drug-likeness (QED) is 0.590. The summed E-state index contributed by atoms with van der Waals surface area (Å²) < 4.78 is 5.43. The fraction of sp³-hybridized carbons (Fsp3) is 0.111. The largest absolute Gasteiger partial charge is 0.494 e. The van der Waals surface area contributed by atoms with Gasteiger partial charge in [-0.25, -0.2) is 4.98 Å². The molecule has 2 heterocycles. The smallest absolute Gasteiger partial charge is 0.134 e. The summed E-state index contributed by atoms with van der Waals surface area (Å²) in [6.07, 6.45) is 1.85. The summed E-state index contributed by atoms with van der Waals surface area (Å²) in [5, 5.41) is 14.2. The third-order valence-corrected chi connectivity index (χ3v) is 4.90. The first-order valence-corrected chi connectivity index (χ1v) is 8.90. The molecule has 0 saturated carbocycles. The van der Waals surface area contributed by atoms with E-state index in [1.807, 2.05) is 60.2 Å². The van der Waals surface area contributed by atoms with Gasteiger partial charge < -0.3 is 4.74 Å². The van der Waals surface area contributed by atoms with Crippen LogP contribution in [0.2, 0.25) is 0 Å². The Bertz CT molecular complexity index is 840. The summed E-state index contributed by atoms with van der Waals surface area (Å²) in [6, 6.07) is 14.0. The number of allylic oxidation sites excluding steroid dienone is 1. The Morgan fingerprint density at radius 1 is 1.26 bits per heavy atom. The number of nitrogens with zero attached hydrogens (tertiary/aromatic N) is 2. The normalized spacial score (nSPS) is 11.2. The molecule has 0 aliphatic carbocycles. The molecule has 0 radical (unpaired) electrons. The zero-order chi connectivity index (χ0) is 16.1. The van der Waals surface area contributed by atoms with Crippen molar-refractivity contribution in [3.63, 3.8) is 0 Å². The average Bonchev–Trinajstić information content (AvgIpc) is 3.25. The maximum Gasteiger partial charge on any atom is 0.134 e. The highest BCUT2D eigenvalue weighted by Gasteiger charge is 2.09. The van der Waals surface area contributed by atoms with Crippen molar-refractivity contribution in [3.05, 3.63) is 57.7 Å². The lowest BCUT2D eigenvalue weighted by Crippen LogP contribution is -1.90. The molecule has 5 heteroatoms. The van der Waals surface area contributed by atoms with E-state index in [1.54, 1.807) is 11.3 Å². The minimum absolute atomic E-state index is 0.571. The van der Waals surface area contributed by atoms with Crippen molar-refractivity contribution in [3.8, 4) is 22.4 Å². The summed E-state index contributed by atoms with van der Waals surface area (Å²) in [6.45, 7) is 2.60. The van der Waals surface area contributed by atoms with Crippen LogP contribution >= 0.6 is 22.7 Å². The molecule has 23 heavy (non-hydrogen) atoms. The zero-order valence-corrected chi connectivity index (χ0v) is 14.2. The molecule has 114 valence electrons. The second kappa shape index (κ2) is 7.23. The van der Waals surface area contributed by atoms with Crippen LogP contribution in [0.25, 0.3) is 22.2 Å². The number of rotatable bonds is 5. The number of thiazole rings is 1. The Hall–Kier alpha value is -2.42. The van der Waals surface area contributed by atoms with Crippen LogP contribution in [0, 0.1) is 11.3 Å². The Labute approximate surface area is 143 Å². The molecule has 3 rings (SSSR count). The number of thiophene rings is 1. The molecule has 2 aromatic heterocycles. The third kappa shape index (κ3) is 3.67. The number of hydrogen-bond acceptors (Lipinski definition) is 5. The van der Waals surface area contributed by atoms with E-state index >= 15 is 0 Å². The highest BCUT2D eigenvalue weighted by atomic mass is 32.1. The Balaban J connectivity index is 1.86. The molecule has 3 aromatic rings. The number of nitriles is 1. The topological polar surface area (TPSA) is 45.9 Å². The van der Waals surface area contributed by atoms with Gasteiger partial charge in [-0.1, -0.05) is 18.2 Å². The van der Waals surface area contributed by atoms with Crippen molar-refractivity contribution in [1.82, 2.24) is 4.98 Å². The molecule has 0 spiro atoms. The Kier molecular flexibility index (Phi) is 4.86. The van der Waals surface area contributed by atoms with Gasteiger partial charge in [0.2, 0.25) is 0 Å². The molecule has 0 fully saturated rings. The highest BCUT2D eigenvalue weighted by Crippen LogP contribution is 2.29. The van der Waals surface area contributed by atoms with Crippen molar-refractivity contribution in [2.75, 3.05) is 6.61 Å². The van der Waals surface area contributed by atoms with E-state index in [0.29, 0.717) is 12.2 Å².